The average Bonchev–Trinajstić information content (AvgIpc) is 3.79. The van der Waals surface area contributed by atoms with E-state index in [-0.39, 0.29) is 6.61 Å². The van der Waals surface area contributed by atoms with Gasteiger partial charge in [0, 0.05) is 25.2 Å². The number of rotatable bonds is 10. The highest BCUT2D eigenvalue weighted by Crippen LogP contribution is 2.37. The molecule has 1 aromatic carbocycles. The van der Waals surface area contributed by atoms with Crippen LogP contribution in [-0.2, 0) is 34.5 Å². The molecule has 1 saturated heterocycles. The normalized spacial score (nSPS) is 17.2. The molecule has 0 radical (unpaired) electrons. The molecule has 40 heavy (non-hydrogen) atoms. The van der Waals surface area contributed by atoms with E-state index in [9.17, 15) is 19.8 Å². The van der Waals surface area contributed by atoms with Crippen LogP contribution in [0.3, 0.4) is 0 Å². The summed E-state index contributed by atoms with van der Waals surface area (Å²) in [6.07, 6.45) is 5.69. The molecule has 9 nitrogen and oxygen atoms in total. The van der Waals surface area contributed by atoms with Gasteiger partial charge < -0.3 is 19.8 Å². The maximum Gasteiger partial charge on any atom is 0.349 e. The summed E-state index contributed by atoms with van der Waals surface area (Å²) < 4.78 is 7.54. The number of fused-ring (bicyclic) bond motifs is 3. The van der Waals surface area contributed by atoms with E-state index in [1.807, 2.05) is 21.5 Å². The predicted octanol–water partition coefficient (Wildman–Crippen LogP) is 3.55. The number of benzene rings is 1. The topological polar surface area (TPSA) is 118 Å². The van der Waals surface area contributed by atoms with Gasteiger partial charge in [0.25, 0.3) is 0 Å². The molecule has 0 unspecified atom stereocenters. The molecule has 0 amide bonds. The largest absolute Gasteiger partial charge is 0.460 e. The van der Waals surface area contributed by atoms with Crippen LogP contribution in [0.25, 0.3) is 11.0 Å². The third-order valence-electron chi connectivity index (χ3n) is 8.19. The number of likely N-dealkylation sites (tertiary alicyclic amines) is 1. The number of hydrogen-bond donors (Lipinski definition) is 2. The predicted molar refractivity (Wildman–Crippen MR) is 153 cm³/mol. The molecule has 3 aromatic heterocycles. The van der Waals surface area contributed by atoms with Crippen molar-refractivity contribution in [2.75, 3.05) is 26.2 Å². The van der Waals surface area contributed by atoms with Gasteiger partial charge in [-0.25, -0.2) is 9.48 Å². The summed E-state index contributed by atoms with van der Waals surface area (Å²) in [6.45, 7) is 2.79. The fraction of sp³-hybridized carbons (Fsp3) is 0.448. The number of ether oxygens (including phenoxy) is 1. The number of carbonyl (C=O) groups excluding carboxylic acids is 2. The van der Waals surface area contributed by atoms with E-state index in [0.29, 0.717) is 35.7 Å². The summed E-state index contributed by atoms with van der Waals surface area (Å²) in [5.74, 6) is -0.764. The lowest BCUT2D eigenvalue weighted by molar-refractivity contribution is -0.171. The van der Waals surface area contributed by atoms with Crippen molar-refractivity contribution in [3.05, 3.63) is 67.5 Å². The SMILES string of the molecule is O=Cc1cc2nnn(CCCN3CCC(O)(COC(=O)C(O)(c4cccs4)c4cccs4)CC3)c2c2c1CCC2. The molecular formula is C29H32N4O5S2. The van der Waals surface area contributed by atoms with Crippen molar-refractivity contribution in [3.8, 4) is 0 Å². The summed E-state index contributed by atoms with van der Waals surface area (Å²) in [4.78, 5) is 28.0. The van der Waals surface area contributed by atoms with Gasteiger partial charge in [-0.2, -0.15) is 0 Å². The van der Waals surface area contributed by atoms with Crippen LogP contribution in [0.5, 0.6) is 0 Å². The lowest BCUT2D eigenvalue weighted by Gasteiger charge is -2.38. The second kappa shape index (κ2) is 11.1. The second-order valence-corrected chi connectivity index (χ2v) is 12.6. The van der Waals surface area contributed by atoms with Crippen LogP contribution < -0.4 is 0 Å². The van der Waals surface area contributed by atoms with E-state index in [2.05, 4.69) is 15.2 Å². The number of piperidine rings is 1. The molecule has 1 fully saturated rings. The van der Waals surface area contributed by atoms with E-state index in [4.69, 9.17) is 4.74 Å². The summed E-state index contributed by atoms with van der Waals surface area (Å²) in [5, 5.41) is 34.9. The molecule has 4 heterocycles. The highest BCUT2D eigenvalue weighted by atomic mass is 32.1. The van der Waals surface area contributed by atoms with Gasteiger partial charge in [0.15, 0.2) is 0 Å². The van der Waals surface area contributed by atoms with Gasteiger partial charge in [0.1, 0.15) is 24.0 Å². The number of aldehydes is 1. The molecule has 11 heteroatoms. The number of esters is 1. The molecule has 0 atom stereocenters. The van der Waals surface area contributed by atoms with Crippen LogP contribution in [-0.4, -0.2) is 74.2 Å². The number of thiophene rings is 2. The van der Waals surface area contributed by atoms with Crippen molar-refractivity contribution in [2.24, 2.45) is 0 Å². The molecule has 1 aliphatic carbocycles. The number of nitrogens with zero attached hydrogens (tertiary/aromatic N) is 4. The van der Waals surface area contributed by atoms with Gasteiger partial charge >= 0.3 is 5.97 Å². The van der Waals surface area contributed by atoms with Gasteiger partial charge in [-0.05, 0) is 85.2 Å². The molecule has 1 aliphatic heterocycles. The summed E-state index contributed by atoms with van der Waals surface area (Å²) in [5.41, 5.74) is 1.93. The number of aromatic nitrogens is 3. The number of aryl methyl sites for hydroxylation is 2. The monoisotopic (exact) mass is 580 g/mol. The molecule has 2 aliphatic rings. The Morgan fingerprint density at radius 2 is 1.80 bits per heavy atom. The zero-order valence-corrected chi connectivity index (χ0v) is 23.8. The van der Waals surface area contributed by atoms with Gasteiger partial charge in [-0.3, -0.25) is 4.79 Å². The Morgan fingerprint density at radius 1 is 1.10 bits per heavy atom. The van der Waals surface area contributed by atoms with Crippen molar-refractivity contribution in [2.45, 2.75) is 56.3 Å². The third kappa shape index (κ3) is 5.01. The van der Waals surface area contributed by atoms with Crippen LogP contribution >= 0.6 is 22.7 Å². The van der Waals surface area contributed by atoms with E-state index in [1.54, 1.807) is 24.3 Å². The molecule has 6 rings (SSSR count). The van der Waals surface area contributed by atoms with Gasteiger partial charge in [0.2, 0.25) is 5.60 Å². The van der Waals surface area contributed by atoms with Crippen LogP contribution in [0.2, 0.25) is 0 Å². The fourth-order valence-corrected chi connectivity index (χ4v) is 7.64. The van der Waals surface area contributed by atoms with Crippen LogP contribution in [0.4, 0.5) is 0 Å². The van der Waals surface area contributed by atoms with Gasteiger partial charge in [-0.15, -0.1) is 27.8 Å². The van der Waals surface area contributed by atoms with Crippen molar-refractivity contribution >= 4 is 46.0 Å². The standard InChI is InChI=1S/C29H32N4O5S2/c34-18-20-17-23-26(22-6-1-5-21(20)22)33(31-30-23)12-4-11-32-13-9-28(36,10-14-32)19-38-27(35)29(37,24-7-2-15-39-24)25-8-3-16-40-25/h2-3,7-8,15-18,36-37H,1,4-6,9-14,19H2. The first-order valence-corrected chi connectivity index (χ1v) is 15.4. The molecule has 0 saturated carbocycles. The minimum Gasteiger partial charge on any atom is -0.460 e. The van der Waals surface area contributed by atoms with Gasteiger partial charge in [-0.1, -0.05) is 17.3 Å². The molecule has 4 aromatic rings. The first kappa shape index (κ1) is 27.2. The lowest BCUT2D eigenvalue weighted by atomic mass is 9.92. The molecule has 210 valence electrons. The zero-order valence-electron chi connectivity index (χ0n) is 22.1. The third-order valence-corrected chi connectivity index (χ3v) is 10.1. The molecule has 0 spiro atoms. The summed E-state index contributed by atoms with van der Waals surface area (Å²) >= 11 is 2.59. The Morgan fingerprint density at radius 3 is 2.45 bits per heavy atom. The van der Waals surface area contributed by atoms with E-state index in [1.165, 1.54) is 28.2 Å². The number of carbonyl (C=O) groups is 2. The zero-order chi connectivity index (χ0) is 27.7. The van der Waals surface area contributed by atoms with Crippen LogP contribution in [0, 0.1) is 0 Å². The number of hydrogen-bond acceptors (Lipinski definition) is 10. The molecular weight excluding hydrogens is 548 g/mol. The average molecular weight is 581 g/mol. The molecule has 0 bridgehead atoms. The smallest absolute Gasteiger partial charge is 0.349 e. The van der Waals surface area contributed by atoms with Crippen molar-refractivity contribution in [3.63, 3.8) is 0 Å². The fourth-order valence-electron chi connectivity index (χ4n) is 5.93. The molecule has 2 N–H and O–H groups in total. The Balaban J connectivity index is 1.02. The Kier molecular flexibility index (Phi) is 7.58. The second-order valence-electron chi connectivity index (χ2n) is 10.7. The summed E-state index contributed by atoms with van der Waals surface area (Å²) in [7, 11) is 0. The first-order chi connectivity index (χ1) is 19.4. The first-order valence-electron chi connectivity index (χ1n) is 13.7. The Bertz CT molecular complexity index is 1460. The maximum absolute atomic E-state index is 13.2. The quantitative estimate of drug-likeness (QED) is 0.216. The highest BCUT2D eigenvalue weighted by molar-refractivity contribution is 7.12. The Hall–Kier alpha value is -2.96. The van der Waals surface area contributed by atoms with Crippen molar-refractivity contribution in [1.82, 2.24) is 19.9 Å². The van der Waals surface area contributed by atoms with Gasteiger partial charge in [0.05, 0.1) is 15.3 Å². The van der Waals surface area contributed by atoms with E-state index >= 15 is 0 Å². The maximum atomic E-state index is 13.2. The Labute approximate surface area is 240 Å². The van der Waals surface area contributed by atoms with E-state index < -0.39 is 17.2 Å². The van der Waals surface area contributed by atoms with Crippen molar-refractivity contribution in [1.29, 1.82) is 0 Å². The lowest BCUT2D eigenvalue weighted by Crippen LogP contribution is -2.49. The summed E-state index contributed by atoms with van der Waals surface area (Å²) in [6, 6.07) is 8.87. The highest BCUT2D eigenvalue weighted by Gasteiger charge is 2.45. The minimum absolute atomic E-state index is 0.155. The van der Waals surface area contributed by atoms with Crippen LogP contribution in [0.1, 0.15) is 56.9 Å². The van der Waals surface area contributed by atoms with Crippen molar-refractivity contribution < 1.29 is 24.5 Å². The number of aliphatic hydroxyl groups is 2. The minimum atomic E-state index is -1.88. The van der Waals surface area contributed by atoms with E-state index in [0.717, 1.165) is 67.2 Å². The van der Waals surface area contributed by atoms with Crippen LogP contribution in [0.15, 0.2) is 41.1 Å².